The number of amides is 1. The third-order valence-electron chi connectivity index (χ3n) is 4.46. The van der Waals surface area contributed by atoms with Crippen molar-refractivity contribution in [3.05, 3.63) is 34.4 Å². The van der Waals surface area contributed by atoms with E-state index in [4.69, 9.17) is 9.47 Å². The lowest BCUT2D eigenvalue weighted by molar-refractivity contribution is -0.138. The van der Waals surface area contributed by atoms with Gasteiger partial charge in [-0.05, 0) is 49.9 Å². The summed E-state index contributed by atoms with van der Waals surface area (Å²) in [6.45, 7) is 6.41. The average Bonchev–Trinajstić information content (AvgIpc) is 2.66. The van der Waals surface area contributed by atoms with Crippen molar-refractivity contribution in [2.45, 2.75) is 51.5 Å². The first-order chi connectivity index (χ1) is 11.6. The fraction of sp³-hybridized carbons (Fsp3) is 0.611. The van der Waals surface area contributed by atoms with Gasteiger partial charge in [0.1, 0.15) is 5.60 Å². The number of hydrogen-bond donors (Lipinski definition) is 0. The monoisotopic (exact) mass is 357 g/mol. The lowest BCUT2D eigenvalue weighted by Crippen LogP contribution is -2.40. The van der Waals surface area contributed by atoms with Gasteiger partial charge in [-0.3, -0.25) is 0 Å². The SMILES string of the molecule is CC(C)(C)OC(=O)N1CCc2c(C(F)(F)F)ccc3c2C(COC3)C1. The summed E-state index contributed by atoms with van der Waals surface area (Å²) in [5.41, 5.74) is 0.521. The average molecular weight is 357 g/mol. The lowest BCUT2D eigenvalue weighted by atomic mass is 9.85. The van der Waals surface area contributed by atoms with Crippen molar-refractivity contribution in [1.29, 1.82) is 0 Å². The zero-order valence-electron chi connectivity index (χ0n) is 14.6. The Morgan fingerprint density at radius 3 is 2.64 bits per heavy atom. The highest BCUT2D eigenvalue weighted by atomic mass is 19.4. The molecule has 4 nitrogen and oxygen atoms in total. The van der Waals surface area contributed by atoms with Crippen LogP contribution in [0.5, 0.6) is 0 Å². The van der Waals surface area contributed by atoms with Crippen LogP contribution in [0.25, 0.3) is 0 Å². The first kappa shape index (κ1) is 18.0. The van der Waals surface area contributed by atoms with E-state index in [1.165, 1.54) is 11.0 Å². The van der Waals surface area contributed by atoms with Gasteiger partial charge in [-0.1, -0.05) is 6.07 Å². The Balaban J connectivity index is 1.96. The minimum absolute atomic E-state index is 0.160. The van der Waals surface area contributed by atoms with Crippen molar-refractivity contribution in [2.75, 3.05) is 19.7 Å². The number of halogens is 3. The van der Waals surface area contributed by atoms with Gasteiger partial charge in [-0.25, -0.2) is 4.79 Å². The second-order valence-electron chi connectivity index (χ2n) is 7.55. The summed E-state index contributed by atoms with van der Waals surface area (Å²) in [4.78, 5) is 13.9. The summed E-state index contributed by atoms with van der Waals surface area (Å²) in [7, 11) is 0. The zero-order chi connectivity index (χ0) is 18.4. The molecule has 0 fully saturated rings. The van der Waals surface area contributed by atoms with Crippen LogP contribution in [0, 0.1) is 0 Å². The van der Waals surface area contributed by atoms with Crippen molar-refractivity contribution in [2.24, 2.45) is 0 Å². The second kappa shape index (κ2) is 6.20. The van der Waals surface area contributed by atoms with Crippen molar-refractivity contribution < 1.29 is 27.4 Å². The molecule has 0 spiro atoms. The van der Waals surface area contributed by atoms with E-state index in [1.807, 2.05) is 0 Å². The van der Waals surface area contributed by atoms with Gasteiger partial charge in [0, 0.05) is 19.0 Å². The molecule has 1 aromatic carbocycles. The van der Waals surface area contributed by atoms with E-state index in [9.17, 15) is 18.0 Å². The number of carbonyl (C=O) groups excluding carboxylic acids is 1. The van der Waals surface area contributed by atoms with Crippen molar-refractivity contribution in [3.63, 3.8) is 0 Å². The first-order valence-corrected chi connectivity index (χ1v) is 8.34. The zero-order valence-corrected chi connectivity index (χ0v) is 14.6. The van der Waals surface area contributed by atoms with E-state index in [0.717, 1.165) is 11.6 Å². The van der Waals surface area contributed by atoms with Gasteiger partial charge in [-0.2, -0.15) is 13.2 Å². The molecule has 0 N–H and O–H groups in total. The van der Waals surface area contributed by atoms with Crippen LogP contribution in [0.1, 0.15) is 48.9 Å². The largest absolute Gasteiger partial charge is 0.444 e. The summed E-state index contributed by atoms with van der Waals surface area (Å²) in [5.74, 6) is -0.268. The molecule has 0 bridgehead atoms. The Bertz CT molecular complexity index is 679. The Morgan fingerprint density at radius 1 is 1.28 bits per heavy atom. The maximum absolute atomic E-state index is 13.4. The highest BCUT2D eigenvalue weighted by Gasteiger charge is 2.39. The number of rotatable bonds is 0. The molecule has 1 atom stereocenters. The minimum Gasteiger partial charge on any atom is -0.444 e. The van der Waals surface area contributed by atoms with E-state index < -0.39 is 23.4 Å². The molecule has 0 radical (unpaired) electrons. The molecule has 0 aromatic heterocycles. The normalized spacial score (nSPS) is 20.7. The van der Waals surface area contributed by atoms with Crippen molar-refractivity contribution >= 4 is 6.09 Å². The molecule has 1 amide bonds. The first-order valence-electron chi connectivity index (χ1n) is 8.34. The predicted octanol–water partition coefficient (Wildman–Crippen LogP) is 4.11. The van der Waals surface area contributed by atoms with Crippen LogP contribution in [0.4, 0.5) is 18.0 Å². The number of alkyl halides is 3. The molecule has 0 aliphatic carbocycles. The second-order valence-corrected chi connectivity index (χ2v) is 7.55. The molecule has 0 saturated carbocycles. The smallest absolute Gasteiger partial charge is 0.416 e. The van der Waals surface area contributed by atoms with E-state index in [1.54, 1.807) is 20.8 Å². The highest BCUT2D eigenvalue weighted by Crippen LogP contribution is 2.41. The van der Waals surface area contributed by atoms with Crippen LogP contribution in [0.3, 0.4) is 0 Å². The van der Waals surface area contributed by atoms with Gasteiger partial charge in [0.25, 0.3) is 0 Å². The number of hydrogen-bond acceptors (Lipinski definition) is 3. The minimum atomic E-state index is -4.41. The third-order valence-corrected chi connectivity index (χ3v) is 4.46. The van der Waals surface area contributed by atoms with E-state index in [2.05, 4.69) is 0 Å². The molecule has 2 aliphatic rings. The molecule has 1 unspecified atom stereocenters. The predicted molar refractivity (Wildman–Crippen MR) is 85.4 cm³/mol. The van der Waals surface area contributed by atoms with Crippen LogP contribution in [0.2, 0.25) is 0 Å². The molecule has 0 saturated heterocycles. The maximum Gasteiger partial charge on any atom is 0.416 e. The standard InChI is InChI=1S/C18H22F3NO3/c1-17(2,3)25-16(23)22-7-6-13-14(18(19,20)21)5-4-11-9-24-10-12(8-22)15(11)13/h4-5,12H,6-10H2,1-3H3. The molecule has 25 heavy (non-hydrogen) atoms. The highest BCUT2D eigenvalue weighted by molar-refractivity contribution is 5.68. The van der Waals surface area contributed by atoms with Crippen LogP contribution < -0.4 is 0 Å². The fourth-order valence-corrected chi connectivity index (χ4v) is 3.52. The molecule has 7 heteroatoms. The van der Waals surface area contributed by atoms with Gasteiger partial charge in [0.2, 0.25) is 0 Å². The summed E-state index contributed by atoms with van der Waals surface area (Å²) >= 11 is 0. The molecule has 2 heterocycles. The number of ether oxygens (including phenoxy) is 2. The topological polar surface area (TPSA) is 38.8 Å². The van der Waals surface area contributed by atoms with E-state index in [-0.39, 0.29) is 18.9 Å². The van der Waals surface area contributed by atoms with Gasteiger partial charge < -0.3 is 14.4 Å². The lowest BCUT2D eigenvalue weighted by Gasteiger charge is -2.31. The summed E-state index contributed by atoms with van der Waals surface area (Å²) in [6.07, 6.45) is -4.75. The summed E-state index contributed by atoms with van der Waals surface area (Å²) < 4.78 is 51.2. The van der Waals surface area contributed by atoms with Gasteiger partial charge in [-0.15, -0.1) is 0 Å². The van der Waals surface area contributed by atoms with Crippen LogP contribution in [0.15, 0.2) is 12.1 Å². The summed E-state index contributed by atoms with van der Waals surface area (Å²) in [5, 5.41) is 0. The Labute approximate surface area is 144 Å². The number of carbonyl (C=O) groups is 1. The van der Waals surface area contributed by atoms with E-state index in [0.29, 0.717) is 30.9 Å². The van der Waals surface area contributed by atoms with Crippen LogP contribution in [-0.2, 0) is 28.7 Å². The Morgan fingerprint density at radius 2 is 2.00 bits per heavy atom. The maximum atomic E-state index is 13.4. The molecule has 138 valence electrons. The van der Waals surface area contributed by atoms with E-state index >= 15 is 0 Å². The van der Waals surface area contributed by atoms with Gasteiger partial charge in [0.15, 0.2) is 0 Å². The molecule has 1 aromatic rings. The van der Waals surface area contributed by atoms with Crippen LogP contribution >= 0.6 is 0 Å². The summed E-state index contributed by atoms with van der Waals surface area (Å²) in [6, 6.07) is 2.62. The van der Waals surface area contributed by atoms with Gasteiger partial charge in [0.05, 0.1) is 18.8 Å². The molecular weight excluding hydrogens is 335 g/mol. The molecule has 3 rings (SSSR count). The van der Waals surface area contributed by atoms with Crippen LogP contribution in [-0.4, -0.2) is 36.3 Å². The van der Waals surface area contributed by atoms with Crippen molar-refractivity contribution in [3.8, 4) is 0 Å². The third kappa shape index (κ3) is 3.76. The fourth-order valence-electron chi connectivity index (χ4n) is 3.52. The quantitative estimate of drug-likeness (QED) is 0.701. The molecular formula is C18H22F3NO3. The Kier molecular flexibility index (Phi) is 4.47. The van der Waals surface area contributed by atoms with Crippen molar-refractivity contribution in [1.82, 2.24) is 4.90 Å². The Hall–Kier alpha value is -1.76. The molecule has 2 aliphatic heterocycles. The number of benzene rings is 1. The number of nitrogens with zero attached hydrogens (tertiary/aromatic N) is 1. The van der Waals surface area contributed by atoms with Gasteiger partial charge >= 0.3 is 12.3 Å².